The van der Waals surface area contributed by atoms with Crippen LogP contribution in [0.15, 0.2) is 30.5 Å². The maximum Gasteiger partial charge on any atom is 0.129 e. The van der Waals surface area contributed by atoms with Crippen molar-refractivity contribution in [1.29, 1.82) is 0 Å². The summed E-state index contributed by atoms with van der Waals surface area (Å²) in [6.45, 7) is 3.28. The van der Waals surface area contributed by atoms with Crippen LogP contribution in [0.3, 0.4) is 0 Å². The number of anilines is 1. The molecular weight excluding hydrogens is 270 g/mol. The molecule has 2 nitrogen and oxygen atoms in total. The molecule has 100 valence electrons. The summed E-state index contributed by atoms with van der Waals surface area (Å²) in [6, 6.07) is 5.39. The average molecular weight is 283 g/mol. The van der Waals surface area contributed by atoms with Crippen molar-refractivity contribution in [1.82, 2.24) is 4.98 Å². The fourth-order valence-corrected chi connectivity index (χ4v) is 1.89. The van der Waals surface area contributed by atoms with Gasteiger partial charge < -0.3 is 5.32 Å². The van der Waals surface area contributed by atoms with Gasteiger partial charge in [0.15, 0.2) is 0 Å². The Balaban J connectivity index is 2.22. The molecular formula is C14H13ClF2N2. The van der Waals surface area contributed by atoms with Gasteiger partial charge >= 0.3 is 0 Å². The predicted octanol–water partition coefficient (Wildman–Crippen LogP) is 4.49. The average Bonchev–Trinajstić information content (AvgIpc) is 2.36. The molecule has 1 unspecified atom stereocenters. The van der Waals surface area contributed by atoms with Crippen LogP contribution in [-0.2, 0) is 0 Å². The molecule has 0 amide bonds. The first-order chi connectivity index (χ1) is 8.97. The number of hydrogen-bond acceptors (Lipinski definition) is 2. The molecule has 0 aliphatic carbocycles. The van der Waals surface area contributed by atoms with E-state index in [2.05, 4.69) is 10.3 Å². The number of hydrogen-bond donors (Lipinski definition) is 1. The van der Waals surface area contributed by atoms with Gasteiger partial charge in [-0.2, -0.15) is 0 Å². The molecule has 0 spiro atoms. The lowest BCUT2D eigenvalue weighted by Gasteiger charge is -2.17. The van der Waals surface area contributed by atoms with E-state index in [0.29, 0.717) is 16.4 Å². The van der Waals surface area contributed by atoms with Crippen molar-refractivity contribution < 1.29 is 8.78 Å². The van der Waals surface area contributed by atoms with Crippen LogP contribution in [0.4, 0.5) is 14.5 Å². The third kappa shape index (κ3) is 3.20. The summed E-state index contributed by atoms with van der Waals surface area (Å²) in [4.78, 5) is 3.92. The van der Waals surface area contributed by atoms with Gasteiger partial charge in [-0.3, -0.25) is 0 Å². The first-order valence-electron chi connectivity index (χ1n) is 5.81. The van der Waals surface area contributed by atoms with Gasteiger partial charge in [0.25, 0.3) is 0 Å². The highest BCUT2D eigenvalue weighted by atomic mass is 35.5. The second kappa shape index (κ2) is 5.53. The normalized spacial score (nSPS) is 12.3. The number of rotatable bonds is 3. The van der Waals surface area contributed by atoms with E-state index < -0.39 is 11.6 Å². The number of aromatic nitrogens is 1. The lowest BCUT2D eigenvalue weighted by molar-refractivity contribution is 0.571. The van der Waals surface area contributed by atoms with Crippen LogP contribution in [-0.4, -0.2) is 4.98 Å². The Morgan fingerprint density at radius 2 is 1.95 bits per heavy atom. The van der Waals surface area contributed by atoms with E-state index in [9.17, 15) is 8.78 Å². The van der Waals surface area contributed by atoms with Crippen molar-refractivity contribution in [3.05, 3.63) is 58.4 Å². The molecule has 0 aliphatic heterocycles. The Hall–Kier alpha value is -1.68. The van der Waals surface area contributed by atoms with Crippen LogP contribution in [0.1, 0.15) is 24.1 Å². The number of nitrogens with zero attached hydrogens (tertiary/aromatic N) is 1. The third-order valence-electron chi connectivity index (χ3n) is 2.86. The summed E-state index contributed by atoms with van der Waals surface area (Å²) < 4.78 is 27.3. The molecule has 0 bridgehead atoms. The molecule has 1 atom stereocenters. The highest BCUT2D eigenvalue weighted by molar-refractivity contribution is 6.29. The topological polar surface area (TPSA) is 24.9 Å². The van der Waals surface area contributed by atoms with Crippen molar-refractivity contribution in [2.45, 2.75) is 19.9 Å². The smallest absolute Gasteiger partial charge is 0.129 e. The zero-order valence-electron chi connectivity index (χ0n) is 10.5. The van der Waals surface area contributed by atoms with Crippen molar-refractivity contribution in [2.75, 3.05) is 5.32 Å². The summed E-state index contributed by atoms with van der Waals surface area (Å²) in [6.07, 6.45) is 1.54. The van der Waals surface area contributed by atoms with Crippen LogP contribution in [0.25, 0.3) is 0 Å². The van der Waals surface area contributed by atoms with Crippen LogP contribution < -0.4 is 5.32 Å². The molecule has 0 saturated carbocycles. The van der Waals surface area contributed by atoms with E-state index in [-0.39, 0.29) is 11.6 Å². The highest BCUT2D eigenvalue weighted by Crippen LogP contribution is 2.24. The van der Waals surface area contributed by atoms with Gasteiger partial charge in [0.2, 0.25) is 0 Å². The Labute approximate surface area is 115 Å². The van der Waals surface area contributed by atoms with Crippen LogP contribution in [0, 0.1) is 18.6 Å². The van der Waals surface area contributed by atoms with E-state index in [1.807, 2.05) is 0 Å². The minimum absolute atomic E-state index is 0.276. The summed E-state index contributed by atoms with van der Waals surface area (Å²) in [5.41, 5.74) is 1.26. The van der Waals surface area contributed by atoms with Gasteiger partial charge in [-0.05, 0) is 43.7 Å². The molecule has 0 saturated heterocycles. The maximum absolute atomic E-state index is 13.8. The fourth-order valence-electron chi connectivity index (χ4n) is 1.78. The first kappa shape index (κ1) is 13.7. The summed E-state index contributed by atoms with van der Waals surface area (Å²) in [7, 11) is 0. The van der Waals surface area contributed by atoms with E-state index in [1.54, 1.807) is 25.3 Å². The van der Waals surface area contributed by atoms with Gasteiger partial charge in [0.1, 0.15) is 16.8 Å². The van der Waals surface area contributed by atoms with Crippen molar-refractivity contribution in [3.63, 3.8) is 0 Å². The molecule has 1 N–H and O–H groups in total. The molecule has 1 aromatic carbocycles. The van der Waals surface area contributed by atoms with E-state index in [0.717, 1.165) is 0 Å². The lowest BCUT2D eigenvalue weighted by atomic mass is 10.0. The fraction of sp³-hybridized carbons (Fsp3) is 0.214. The summed E-state index contributed by atoms with van der Waals surface area (Å²) in [5.74, 6) is -0.847. The molecule has 1 aromatic heterocycles. The van der Waals surface area contributed by atoms with E-state index >= 15 is 0 Å². The number of pyridine rings is 1. The Kier molecular flexibility index (Phi) is 4.00. The lowest BCUT2D eigenvalue weighted by Crippen LogP contribution is -2.09. The molecule has 0 fully saturated rings. The Bertz CT molecular complexity index is 585. The molecule has 0 aliphatic rings. The zero-order valence-corrected chi connectivity index (χ0v) is 11.3. The van der Waals surface area contributed by atoms with Gasteiger partial charge in [-0.25, -0.2) is 13.8 Å². The number of halogens is 3. The Morgan fingerprint density at radius 3 is 2.58 bits per heavy atom. The van der Waals surface area contributed by atoms with Gasteiger partial charge in [-0.1, -0.05) is 11.6 Å². The summed E-state index contributed by atoms with van der Waals surface area (Å²) in [5, 5.41) is 3.43. The second-order valence-electron chi connectivity index (χ2n) is 4.36. The highest BCUT2D eigenvalue weighted by Gasteiger charge is 2.13. The molecule has 0 radical (unpaired) electrons. The van der Waals surface area contributed by atoms with E-state index in [1.165, 1.54) is 19.1 Å². The van der Waals surface area contributed by atoms with Crippen molar-refractivity contribution in [2.24, 2.45) is 0 Å². The van der Waals surface area contributed by atoms with Crippen molar-refractivity contribution >= 4 is 17.3 Å². The van der Waals surface area contributed by atoms with Gasteiger partial charge in [0, 0.05) is 5.56 Å². The molecule has 2 aromatic rings. The van der Waals surface area contributed by atoms with Crippen LogP contribution in [0.5, 0.6) is 0 Å². The minimum atomic E-state index is -0.430. The Morgan fingerprint density at radius 1 is 1.21 bits per heavy atom. The first-order valence-corrected chi connectivity index (χ1v) is 6.19. The molecule has 1 heterocycles. The largest absolute Gasteiger partial charge is 0.377 e. The molecule has 2 rings (SSSR count). The van der Waals surface area contributed by atoms with Crippen LogP contribution in [0.2, 0.25) is 5.15 Å². The molecule has 5 heteroatoms. The van der Waals surface area contributed by atoms with Gasteiger partial charge in [0.05, 0.1) is 17.9 Å². The van der Waals surface area contributed by atoms with Crippen LogP contribution >= 0.6 is 11.6 Å². The number of benzene rings is 1. The second-order valence-corrected chi connectivity index (χ2v) is 4.75. The SMILES string of the molecule is Cc1cc(F)c(C(C)Nc2ccc(Cl)nc2)cc1F. The zero-order chi connectivity index (χ0) is 14.0. The minimum Gasteiger partial charge on any atom is -0.377 e. The number of aryl methyl sites for hydroxylation is 1. The monoisotopic (exact) mass is 282 g/mol. The standard InChI is InChI=1S/C14H13ClF2N2/c1-8-5-13(17)11(6-12(8)16)9(2)19-10-3-4-14(15)18-7-10/h3-7,9,19H,1-2H3. The quantitative estimate of drug-likeness (QED) is 0.839. The molecule has 19 heavy (non-hydrogen) atoms. The predicted molar refractivity (Wildman–Crippen MR) is 72.4 cm³/mol. The maximum atomic E-state index is 13.8. The van der Waals surface area contributed by atoms with Gasteiger partial charge in [-0.15, -0.1) is 0 Å². The number of nitrogens with one attached hydrogen (secondary N) is 1. The van der Waals surface area contributed by atoms with Crippen molar-refractivity contribution in [3.8, 4) is 0 Å². The van der Waals surface area contributed by atoms with E-state index in [4.69, 9.17) is 11.6 Å². The summed E-state index contributed by atoms with van der Waals surface area (Å²) >= 11 is 5.68. The third-order valence-corrected chi connectivity index (χ3v) is 3.08.